The van der Waals surface area contributed by atoms with Crippen molar-refractivity contribution < 1.29 is 9.59 Å². The minimum absolute atomic E-state index is 0.0316. The van der Waals surface area contributed by atoms with Gasteiger partial charge in [-0.2, -0.15) is 0 Å². The average molecular weight is 464 g/mol. The van der Waals surface area contributed by atoms with Gasteiger partial charge in [-0.1, -0.05) is 78.4 Å². The van der Waals surface area contributed by atoms with Crippen molar-refractivity contribution in [2.75, 3.05) is 6.54 Å². The molecule has 0 saturated carbocycles. The number of aromatic amines is 1. The van der Waals surface area contributed by atoms with E-state index in [1.807, 2.05) is 54.3 Å². The predicted octanol–water partition coefficient (Wildman–Crippen LogP) is 4.95. The summed E-state index contributed by atoms with van der Waals surface area (Å²) < 4.78 is 0. The molecule has 2 atom stereocenters. The lowest BCUT2D eigenvalue weighted by molar-refractivity contribution is -0.160. The molecule has 0 aliphatic carbocycles. The molecule has 1 aromatic heterocycles. The van der Waals surface area contributed by atoms with Crippen molar-refractivity contribution in [3.8, 4) is 0 Å². The maximum Gasteiger partial charge on any atom is 0.246 e. The van der Waals surface area contributed by atoms with Gasteiger partial charge in [-0.3, -0.25) is 9.59 Å². The minimum atomic E-state index is -0.464. The van der Waals surface area contributed by atoms with Crippen molar-refractivity contribution in [1.82, 2.24) is 14.8 Å². The quantitative estimate of drug-likeness (QED) is 0.456. The van der Waals surface area contributed by atoms with Crippen LogP contribution in [0.3, 0.4) is 0 Å². The molecule has 0 radical (unpaired) electrons. The number of carbonyl (C=O) groups excluding carboxylic acids is 2. The Morgan fingerprint density at radius 1 is 0.886 bits per heavy atom. The number of nitrogens with one attached hydrogen (secondary N) is 1. The van der Waals surface area contributed by atoms with Gasteiger partial charge in [0.2, 0.25) is 11.8 Å². The average Bonchev–Trinajstić information content (AvgIpc) is 3.25. The Kier molecular flexibility index (Phi) is 5.40. The van der Waals surface area contributed by atoms with E-state index in [1.54, 1.807) is 4.90 Å². The lowest BCUT2D eigenvalue weighted by Crippen LogP contribution is -2.62. The number of rotatable bonds is 5. The highest BCUT2D eigenvalue weighted by molar-refractivity contribution is 5.97. The van der Waals surface area contributed by atoms with E-state index in [0.717, 1.165) is 35.0 Å². The Balaban J connectivity index is 1.35. The number of aromatic nitrogens is 1. The van der Waals surface area contributed by atoms with Crippen LogP contribution in [0.4, 0.5) is 0 Å². The van der Waals surface area contributed by atoms with Gasteiger partial charge in [-0.15, -0.1) is 0 Å². The van der Waals surface area contributed by atoms with Crippen LogP contribution in [0.1, 0.15) is 40.4 Å². The molecule has 2 aliphatic heterocycles. The van der Waals surface area contributed by atoms with Gasteiger partial charge in [-0.25, -0.2) is 0 Å². The van der Waals surface area contributed by atoms with E-state index in [-0.39, 0.29) is 24.4 Å². The summed E-state index contributed by atoms with van der Waals surface area (Å²) in [5.41, 5.74) is 6.81. The summed E-state index contributed by atoms with van der Waals surface area (Å²) in [5, 5.41) is 1.16. The second kappa shape index (κ2) is 8.73. The van der Waals surface area contributed by atoms with Gasteiger partial charge in [0.05, 0.1) is 6.04 Å². The summed E-state index contributed by atoms with van der Waals surface area (Å²) in [6.45, 7) is 2.64. The first-order chi connectivity index (χ1) is 17.1. The largest absolute Gasteiger partial charge is 0.356 e. The summed E-state index contributed by atoms with van der Waals surface area (Å²) in [5.74, 6) is 0.0786. The highest BCUT2D eigenvalue weighted by Crippen LogP contribution is 2.41. The highest BCUT2D eigenvalue weighted by Gasteiger charge is 2.47. The van der Waals surface area contributed by atoms with Crippen LogP contribution in [0.5, 0.6) is 0 Å². The molecule has 4 aromatic rings. The fraction of sp³-hybridized carbons (Fsp3) is 0.267. The number of aryl methyl sites for hydroxylation is 2. The number of hydrogen-bond donors (Lipinski definition) is 1. The third kappa shape index (κ3) is 3.91. The smallest absolute Gasteiger partial charge is 0.246 e. The molecular formula is C30H29N3O2. The first-order valence-corrected chi connectivity index (χ1v) is 12.4. The van der Waals surface area contributed by atoms with Crippen molar-refractivity contribution in [2.24, 2.45) is 0 Å². The molecule has 176 valence electrons. The number of benzene rings is 3. The molecule has 3 aromatic carbocycles. The number of carbonyl (C=O) groups is 2. The maximum atomic E-state index is 13.8. The first kappa shape index (κ1) is 21.7. The van der Waals surface area contributed by atoms with E-state index >= 15 is 0 Å². The zero-order chi connectivity index (χ0) is 23.9. The number of para-hydroxylation sites is 1. The molecule has 2 amide bonds. The predicted molar refractivity (Wildman–Crippen MR) is 137 cm³/mol. The minimum Gasteiger partial charge on any atom is -0.356 e. The van der Waals surface area contributed by atoms with E-state index in [0.29, 0.717) is 13.0 Å². The van der Waals surface area contributed by atoms with Crippen LogP contribution in [-0.4, -0.2) is 39.2 Å². The zero-order valence-electron chi connectivity index (χ0n) is 19.9. The van der Waals surface area contributed by atoms with Gasteiger partial charge >= 0.3 is 0 Å². The van der Waals surface area contributed by atoms with E-state index < -0.39 is 6.04 Å². The van der Waals surface area contributed by atoms with Crippen LogP contribution in [0, 0.1) is 6.92 Å². The summed E-state index contributed by atoms with van der Waals surface area (Å²) in [6, 6.07) is 26.2. The molecule has 5 nitrogen and oxygen atoms in total. The van der Waals surface area contributed by atoms with Crippen molar-refractivity contribution >= 4 is 22.7 Å². The van der Waals surface area contributed by atoms with Crippen molar-refractivity contribution in [3.05, 3.63) is 107 Å². The maximum absolute atomic E-state index is 13.8. The molecule has 3 heterocycles. The normalized spacial score (nSPS) is 19.7. The van der Waals surface area contributed by atoms with Crippen molar-refractivity contribution in [1.29, 1.82) is 0 Å². The number of H-pyrrole nitrogens is 1. The molecule has 5 heteroatoms. The Morgan fingerprint density at radius 2 is 1.63 bits per heavy atom. The Morgan fingerprint density at radius 3 is 2.43 bits per heavy atom. The molecule has 1 saturated heterocycles. The standard InChI is InChI=1S/C30H29N3O2/c1-20-11-13-22(14-12-20)18-32-19-28(34)33-26(16-15-21-7-3-2-4-8-21)29-24(17-27(33)30(32)35)23-9-5-6-10-25(23)31-29/h2-14,26-27,31H,15-19H2,1H3/t26-,27-/m0/s1. The van der Waals surface area contributed by atoms with Gasteiger partial charge in [0.15, 0.2) is 0 Å². The molecule has 0 unspecified atom stereocenters. The summed E-state index contributed by atoms with van der Waals surface area (Å²) in [6.07, 6.45) is 2.17. The van der Waals surface area contributed by atoms with E-state index in [2.05, 4.69) is 41.4 Å². The summed E-state index contributed by atoms with van der Waals surface area (Å²) >= 11 is 0. The monoisotopic (exact) mass is 463 g/mol. The van der Waals surface area contributed by atoms with E-state index in [4.69, 9.17) is 0 Å². The van der Waals surface area contributed by atoms with Crippen LogP contribution in [-0.2, 0) is 29.0 Å². The van der Waals surface area contributed by atoms with Crippen molar-refractivity contribution in [2.45, 2.75) is 44.8 Å². The molecule has 1 fully saturated rings. The van der Waals surface area contributed by atoms with Crippen LogP contribution >= 0.6 is 0 Å². The van der Waals surface area contributed by atoms with Gasteiger partial charge in [0.1, 0.15) is 12.6 Å². The van der Waals surface area contributed by atoms with Gasteiger partial charge < -0.3 is 14.8 Å². The molecule has 35 heavy (non-hydrogen) atoms. The number of hydrogen-bond acceptors (Lipinski definition) is 2. The number of nitrogens with zero attached hydrogens (tertiary/aromatic N) is 2. The number of amides is 2. The first-order valence-electron chi connectivity index (χ1n) is 12.4. The third-order valence-corrected chi connectivity index (χ3v) is 7.50. The SMILES string of the molecule is Cc1ccc(CN2CC(=O)N3[C@@H](Cc4c([nH]c5ccccc45)[C@@H]3CCc3ccccc3)C2=O)cc1. The lowest BCUT2D eigenvalue weighted by Gasteiger charge is -2.47. The molecular weight excluding hydrogens is 434 g/mol. The number of piperazine rings is 1. The Hall–Kier alpha value is -3.86. The van der Waals surface area contributed by atoms with Crippen LogP contribution < -0.4 is 0 Å². The summed E-state index contributed by atoms with van der Waals surface area (Å²) in [7, 11) is 0. The second-order valence-electron chi connectivity index (χ2n) is 9.80. The molecule has 2 aliphatic rings. The molecule has 0 bridgehead atoms. The highest BCUT2D eigenvalue weighted by atomic mass is 16.2. The molecule has 6 rings (SSSR count). The van der Waals surface area contributed by atoms with Gasteiger partial charge in [0, 0.05) is 29.6 Å². The molecule has 1 N–H and O–H groups in total. The topological polar surface area (TPSA) is 56.4 Å². The van der Waals surface area contributed by atoms with Crippen LogP contribution in [0.2, 0.25) is 0 Å². The Labute approximate surface area is 205 Å². The van der Waals surface area contributed by atoms with Gasteiger partial charge in [-0.05, 0) is 42.5 Å². The van der Waals surface area contributed by atoms with E-state index in [1.165, 1.54) is 16.7 Å². The lowest BCUT2D eigenvalue weighted by atomic mass is 9.86. The third-order valence-electron chi connectivity index (χ3n) is 7.50. The van der Waals surface area contributed by atoms with Crippen LogP contribution in [0.15, 0.2) is 78.9 Å². The van der Waals surface area contributed by atoms with Crippen LogP contribution in [0.25, 0.3) is 10.9 Å². The second-order valence-corrected chi connectivity index (χ2v) is 9.80. The van der Waals surface area contributed by atoms with Gasteiger partial charge in [0.25, 0.3) is 0 Å². The number of fused-ring (bicyclic) bond motifs is 4. The summed E-state index contributed by atoms with van der Waals surface area (Å²) in [4.78, 5) is 34.6. The fourth-order valence-electron chi connectivity index (χ4n) is 5.74. The Bertz CT molecular complexity index is 1390. The molecule has 0 spiro atoms. The fourth-order valence-corrected chi connectivity index (χ4v) is 5.74. The van der Waals surface area contributed by atoms with Crippen molar-refractivity contribution in [3.63, 3.8) is 0 Å². The van der Waals surface area contributed by atoms with E-state index in [9.17, 15) is 9.59 Å². The zero-order valence-corrected chi connectivity index (χ0v) is 19.9.